The number of esters is 1. The van der Waals surface area contributed by atoms with Crippen molar-refractivity contribution in [3.8, 4) is 0 Å². The molecule has 4 N–H and O–H groups in total. The number of ketones is 1. The van der Waals surface area contributed by atoms with Crippen LogP contribution in [0.25, 0.3) is 0 Å². The zero-order valence-electron chi connectivity index (χ0n) is 50.1. The number of aliphatic hydroxyl groups excluding tert-OH is 2. The number of ether oxygens (including phenoxy) is 8. The standard InChI is InChI=1S/C60H103N3O16/c1-13-15-18-42(6)51(71-10)38-48-25-21-45(9)60(70,79-48)57(67)58(68)63-29-17-16-19-49(63)59(69)78-47(26-22-46-23-27-50(64)52(37-46)72-11)24-20-41(5)36-44(8)55(66)56(73-12)54(43(7)35-40(3)4)62-77-39-53(65)61-28-30-75-33-34-76-32-31-74-14-2/h13,15,18,36,40-41,43,45-52,55-56,64,66,70H,14,16-17,19-35,37-39H2,1-12H3,(H,61,65)/b15-13+,42-18+,44-36+,62-54+/t41-,43+,45+,46+,47-,48-,49-,50+,51-,52+,55+,56-,60+/m0/s1. The second-order valence-electron chi connectivity index (χ2n) is 22.5. The van der Waals surface area contributed by atoms with Crippen LogP contribution in [0.1, 0.15) is 152 Å². The molecule has 2 heterocycles. The van der Waals surface area contributed by atoms with Crippen molar-refractivity contribution in [3.63, 3.8) is 0 Å². The van der Waals surface area contributed by atoms with Crippen molar-refractivity contribution in [2.75, 3.05) is 80.7 Å². The molecule has 2 saturated heterocycles. The molecule has 0 spiro atoms. The van der Waals surface area contributed by atoms with Crippen LogP contribution >= 0.6 is 0 Å². The third kappa shape index (κ3) is 23.6. The Balaban J connectivity index is 1.75. The third-order valence-electron chi connectivity index (χ3n) is 15.7. The minimum absolute atomic E-state index is 0.0962. The number of methoxy groups -OCH3 is 3. The first-order chi connectivity index (χ1) is 37.7. The smallest absolute Gasteiger partial charge is 0.329 e. The molecule has 13 atom stereocenters. The topological polar surface area (TPSA) is 240 Å². The Morgan fingerprint density at radius 1 is 0.886 bits per heavy atom. The van der Waals surface area contributed by atoms with E-state index in [1.165, 1.54) is 12.0 Å². The number of piperidine rings is 1. The fraction of sp³-hybridized carbons (Fsp3) is 0.817. The Labute approximate surface area is 472 Å². The zero-order valence-corrected chi connectivity index (χ0v) is 50.1. The summed E-state index contributed by atoms with van der Waals surface area (Å²) in [6.45, 7) is 20.4. The molecule has 2 amide bonds. The summed E-state index contributed by atoms with van der Waals surface area (Å²) >= 11 is 0. The SMILES string of the molecule is C/C=C/C=C(\C)[C@H](C[C@@H]1CC[C@@H](C)[C@](O)(C(=O)C(=O)N2CCCC[C@H]2C(=O)O[C@H](CC[C@@H]2CC[C@@H](O)[C@H](OC)C2)CC[C@H](C)/C=C(\C)[C@@H](O)[C@@H](OC)/C(=N/OCC(=O)NCCOCCOCCOCC)[C@H](C)CC(C)C)O1)OC. The van der Waals surface area contributed by atoms with Gasteiger partial charge in [-0.05, 0) is 140 Å². The average molecular weight is 1120 g/mol. The van der Waals surface area contributed by atoms with E-state index >= 15 is 0 Å². The lowest BCUT2D eigenvalue weighted by Crippen LogP contribution is -2.60. The summed E-state index contributed by atoms with van der Waals surface area (Å²) in [6.07, 6.45) is 11.5. The predicted molar refractivity (Wildman–Crippen MR) is 302 cm³/mol. The number of nitrogens with zero attached hydrogens (tertiary/aromatic N) is 2. The van der Waals surface area contributed by atoms with Crippen molar-refractivity contribution in [2.24, 2.45) is 34.7 Å². The first kappa shape index (κ1) is 69.6. The summed E-state index contributed by atoms with van der Waals surface area (Å²) in [5.74, 6) is -5.83. The summed E-state index contributed by atoms with van der Waals surface area (Å²) < 4.78 is 46.0. The second kappa shape index (κ2) is 37.5. The van der Waals surface area contributed by atoms with Gasteiger partial charge in [0.05, 0.1) is 63.2 Å². The highest BCUT2D eigenvalue weighted by molar-refractivity contribution is 6.39. The van der Waals surface area contributed by atoms with Crippen LogP contribution in [0.3, 0.4) is 0 Å². The van der Waals surface area contributed by atoms with Gasteiger partial charge in [-0.25, -0.2) is 4.79 Å². The summed E-state index contributed by atoms with van der Waals surface area (Å²) in [7, 11) is 4.71. The van der Waals surface area contributed by atoms with Gasteiger partial charge in [0.2, 0.25) is 5.79 Å². The number of Topliss-reactive ketones (excluding diaryl/α,β-unsaturated/α-hetero) is 1. The molecule has 0 aromatic rings. The van der Waals surface area contributed by atoms with Crippen molar-refractivity contribution in [1.82, 2.24) is 10.2 Å². The number of hydrogen-bond acceptors (Lipinski definition) is 17. The Bertz CT molecular complexity index is 1930. The van der Waals surface area contributed by atoms with Gasteiger partial charge in [-0.2, -0.15) is 0 Å². The molecule has 2 aliphatic heterocycles. The summed E-state index contributed by atoms with van der Waals surface area (Å²) in [5, 5.41) is 41.5. The van der Waals surface area contributed by atoms with Crippen LogP contribution in [0, 0.1) is 29.6 Å². The molecule has 79 heavy (non-hydrogen) atoms. The number of amides is 2. The monoisotopic (exact) mass is 1120 g/mol. The minimum Gasteiger partial charge on any atom is -0.461 e. The van der Waals surface area contributed by atoms with Gasteiger partial charge in [0, 0.05) is 59.3 Å². The van der Waals surface area contributed by atoms with Crippen molar-refractivity contribution in [2.45, 2.75) is 207 Å². The van der Waals surface area contributed by atoms with Crippen LogP contribution < -0.4 is 5.32 Å². The van der Waals surface area contributed by atoms with Crippen molar-refractivity contribution >= 4 is 29.3 Å². The normalized spacial score (nSPS) is 25.9. The van der Waals surface area contributed by atoms with E-state index in [1.54, 1.807) is 21.1 Å². The summed E-state index contributed by atoms with van der Waals surface area (Å²) in [5.41, 5.74) is 2.06. The van der Waals surface area contributed by atoms with E-state index in [1.807, 2.05) is 65.8 Å². The van der Waals surface area contributed by atoms with Crippen LogP contribution in [0.15, 0.2) is 40.6 Å². The molecule has 454 valence electrons. The molecule has 19 heteroatoms. The first-order valence-corrected chi connectivity index (χ1v) is 29.3. The fourth-order valence-electron chi connectivity index (χ4n) is 11.0. The summed E-state index contributed by atoms with van der Waals surface area (Å²) in [4.78, 5) is 62.5. The molecule has 19 nitrogen and oxygen atoms in total. The quantitative estimate of drug-likeness (QED) is 0.00914. The number of nitrogens with one attached hydrogen (secondary N) is 1. The van der Waals surface area contributed by atoms with Crippen LogP contribution in [0.5, 0.6) is 0 Å². The number of aliphatic hydroxyl groups is 3. The zero-order chi connectivity index (χ0) is 58.5. The number of allylic oxidation sites excluding steroid dienone is 4. The van der Waals surface area contributed by atoms with Crippen LogP contribution in [-0.4, -0.2) is 185 Å². The Morgan fingerprint density at radius 3 is 2.25 bits per heavy atom. The van der Waals surface area contributed by atoms with Crippen LogP contribution in [-0.2, 0) is 61.9 Å². The van der Waals surface area contributed by atoms with E-state index in [4.69, 9.17) is 42.7 Å². The maximum absolute atomic E-state index is 14.4. The lowest BCUT2D eigenvalue weighted by molar-refractivity contribution is -0.265. The van der Waals surface area contributed by atoms with Crippen molar-refractivity contribution in [1.29, 1.82) is 0 Å². The van der Waals surface area contributed by atoms with Gasteiger partial charge in [0.25, 0.3) is 17.6 Å². The molecule has 1 aliphatic carbocycles. The average Bonchev–Trinajstić information content (AvgIpc) is 3.48. The van der Waals surface area contributed by atoms with Gasteiger partial charge in [-0.15, -0.1) is 0 Å². The number of carbonyl (C=O) groups is 4. The highest BCUT2D eigenvalue weighted by Gasteiger charge is 2.53. The van der Waals surface area contributed by atoms with Crippen LogP contribution in [0.2, 0.25) is 0 Å². The highest BCUT2D eigenvalue weighted by atomic mass is 16.6. The van der Waals surface area contributed by atoms with E-state index in [9.17, 15) is 34.5 Å². The molecule has 0 aromatic heterocycles. The Morgan fingerprint density at radius 2 is 1.59 bits per heavy atom. The van der Waals surface area contributed by atoms with E-state index in [2.05, 4.69) is 24.3 Å². The number of oxime groups is 1. The predicted octanol–water partition coefficient (Wildman–Crippen LogP) is 7.22. The second-order valence-corrected chi connectivity index (χ2v) is 22.5. The van der Waals surface area contributed by atoms with E-state index in [0.29, 0.717) is 134 Å². The lowest BCUT2D eigenvalue weighted by atomic mass is 9.82. The molecule has 3 fully saturated rings. The van der Waals surface area contributed by atoms with Crippen molar-refractivity contribution in [3.05, 3.63) is 35.5 Å². The first-order valence-electron chi connectivity index (χ1n) is 29.3. The fourth-order valence-corrected chi connectivity index (χ4v) is 11.0. The molecule has 1 saturated carbocycles. The molecule has 0 aromatic carbocycles. The largest absolute Gasteiger partial charge is 0.461 e. The van der Waals surface area contributed by atoms with Gasteiger partial charge in [-0.3, -0.25) is 14.4 Å². The van der Waals surface area contributed by atoms with Crippen molar-refractivity contribution < 1.29 is 77.2 Å². The Hall–Kier alpha value is -3.63. The number of carbonyl (C=O) groups excluding carboxylic acids is 4. The maximum Gasteiger partial charge on any atom is 0.329 e. The molecule has 0 bridgehead atoms. The molecule has 0 unspecified atom stereocenters. The van der Waals surface area contributed by atoms with Gasteiger partial charge in [0.1, 0.15) is 24.4 Å². The highest BCUT2D eigenvalue weighted by Crippen LogP contribution is 2.37. The van der Waals surface area contributed by atoms with Gasteiger partial charge in [0.15, 0.2) is 6.61 Å². The minimum atomic E-state index is -2.39. The summed E-state index contributed by atoms with van der Waals surface area (Å²) in [6, 6.07) is -1.04. The Kier molecular flexibility index (Phi) is 33.0. The third-order valence-corrected chi connectivity index (χ3v) is 15.7. The van der Waals surface area contributed by atoms with E-state index in [-0.39, 0.29) is 55.6 Å². The van der Waals surface area contributed by atoms with Crippen LogP contribution in [0.4, 0.5) is 0 Å². The molecular weight excluding hydrogens is 1020 g/mol. The van der Waals surface area contributed by atoms with E-state index in [0.717, 1.165) is 18.4 Å². The molecule has 3 aliphatic rings. The number of rotatable bonds is 37. The number of likely N-dealkylation sites (tertiary alicyclic amines) is 1. The lowest BCUT2D eigenvalue weighted by Gasteiger charge is -2.42. The van der Waals surface area contributed by atoms with E-state index < -0.39 is 65.9 Å². The molecule has 0 radical (unpaired) electrons. The number of hydrogen-bond donors (Lipinski definition) is 4. The molecular formula is C60H103N3O16. The maximum atomic E-state index is 14.4. The van der Waals surface area contributed by atoms with Gasteiger partial charge >= 0.3 is 5.97 Å². The molecule has 3 rings (SSSR count). The van der Waals surface area contributed by atoms with Gasteiger partial charge < -0.3 is 68.3 Å². The van der Waals surface area contributed by atoms with Gasteiger partial charge in [-0.1, -0.05) is 64.1 Å².